The van der Waals surface area contributed by atoms with Gasteiger partial charge in [-0.1, -0.05) is 18.5 Å². The molecule has 6 nitrogen and oxygen atoms in total. The third kappa shape index (κ3) is 2.69. The fourth-order valence-corrected chi connectivity index (χ4v) is 2.02. The first-order valence-electron chi connectivity index (χ1n) is 6.30. The lowest BCUT2D eigenvalue weighted by Crippen LogP contribution is -2.30. The Balaban J connectivity index is 2.02. The molecular weight excluding hydrogens is 232 g/mol. The minimum Gasteiger partial charge on any atom is -0.337 e. The summed E-state index contributed by atoms with van der Waals surface area (Å²) in [6, 6.07) is 0. The van der Waals surface area contributed by atoms with Crippen LogP contribution < -0.4 is 5.73 Å². The van der Waals surface area contributed by atoms with Crippen molar-refractivity contribution in [2.24, 2.45) is 11.7 Å². The van der Waals surface area contributed by atoms with Crippen molar-refractivity contribution >= 4 is 5.91 Å². The topological polar surface area (TPSA) is 85.2 Å². The van der Waals surface area contributed by atoms with Crippen LogP contribution in [0.3, 0.4) is 0 Å². The molecule has 2 heterocycles. The molecule has 6 heteroatoms. The molecule has 0 aliphatic carbocycles. The summed E-state index contributed by atoms with van der Waals surface area (Å²) in [6.45, 7) is 6.90. The van der Waals surface area contributed by atoms with Gasteiger partial charge in [0.25, 0.3) is 0 Å². The molecule has 1 saturated heterocycles. The minimum absolute atomic E-state index is 0.161. The van der Waals surface area contributed by atoms with Gasteiger partial charge in [0.15, 0.2) is 5.82 Å². The molecule has 1 aromatic rings. The SMILES string of the molecule is CCC1CC(=O)N(Cc2nc(C(C)(C)N)no2)C1. The van der Waals surface area contributed by atoms with Gasteiger partial charge in [0, 0.05) is 13.0 Å². The van der Waals surface area contributed by atoms with Crippen LogP contribution in [-0.2, 0) is 16.9 Å². The van der Waals surface area contributed by atoms with Crippen LogP contribution in [0.1, 0.15) is 45.3 Å². The maximum atomic E-state index is 11.8. The fourth-order valence-electron chi connectivity index (χ4n) is 2.02. The van der Waals surface area contributed by atoms with Gasteiger partial charge < -0.3 is 15.2 Å². The zero-order valence-electron chi connectivity index (χ0n) is 11.1. The van der Waals surface area contributed by atoms with E-state index in [1.165, 1.54) is 0 Å². The summed E-state index contributed by atoms with van der Waals surface area (Å²) in [4.78, 5) is 17.8. The second-order valence-corrected chi connectivity index (χ2v) is 5.49. The standard InChI is InChI=1S/C12H20N4O2/c1-4-8-5-10(17)16(6-8)7-9-14-11(15-18-9)12(2,3)13/h8H,4-7,13H2,1-3H3. The number of likely N-dealkylation sites (tertiary alicyclic amines) is 1. The number of amides is 1. The molecule has 2 rings (SSSR count). The largest absolute Gasteiger partial charge is 0.337 e. The monoisotopic (exact) mass is 252 g/mol. The third-order valence-corrected chi connectivity index (χ3v) is 3.24. The summed E-state index contributed by atoms with van der Waals surface area (Å²) in [5, 5.41) is 3.84. The Bertz CT molecular complexity index is 436. The van der Waals surface area contributed by atoms with Crippen LogP contribution in [0.15, 0.2) is 4.52 Å². The summed E-state index contributed by atoms with van der Waals surface area (Å²) in [7, 11) is 0. The van der Waals surface area contributed by atoms with Crippen molar-refractivity contribution in [1.29, 1.82) is 0 Å². The zero-order valence-corrected chi connectivity index (χ0v) is 11.1. The highest BCUT2D eigenvalue weighted by molar-refractivity contribution is 5.78. The molecule has 1 aliphatic heterocycles. The van der Waals surface area contributed by atoms with Gasteiger partial charge in [0.05, 0.1) is 12.1 Å². The van der Waals surface area contributed by atoms with Gasteiger partial charge in [0.2, 0.25) is 11.8 Å². The summed E-state index contributed by atoms with van der Waals surface area (Å²) < 4.78 is 5.14. The van der Waals surface area contributed by atoms with Crippen LogP contribution in [0.25, 0.3) is 0 Å². The lowest BCUT2D eigenvalue weighted by molar-refractivity contribution is -0.128. The minimum atomic E-state index is -0.622. The first kappa shape index (κ1) is 13.0. The lowest BCUT2D eigenvalue weighted by atomic mass is 10.1. The second kappa shape index (κ2) is 4.68. The smallest absolute Gasteiger partial charge is 0.246 e. The second-order valence-electron chi connectivity index (χ2n) is 5.49. The normalized spacial score (nSPS) is 20.8. The van der Waals surface area contributed by atoms with Crippen molar-refractivity contribution in [3.05, 3.63) is 11.7 Å². The van der Waals surface area contributed by atoms with Crippen molar-refractivity contribution < 1.29 is 9.32 Å². The summed E-state index contributed by atoms with van der Waals surface area (Å²) >= 11 is 0. The van der Waals surface area contributed by atoms with Crippen LogP contribution in [0.2, 0.25) is 0 Å². The quantitative estimate of drug-likeness (QED) is 0.864. The highest BCUT2D eigenvalue weighted by Gasteiger charge is 2.30. The van der Waals surface area contributed by atoms with E-state index in [0.29, 0.717) is 30.6 Å². The van der Waals surface area contributed by atoms with Gasteiger partial charge in [-0.25, -0.2) is 0 Å². The predicted molar refractivity (Wildman–Crippen MR) is 65.3 cm³/mol. The summed E-state index contributed by atoms with van der Waals surface area (Å²) in [5.74, 6) is 1.53. The number of aromatic nitrogens is 2. The number of rotatable bonds is 4. The van der Waals surface area contributed by atoms with Gasteiger partial charge in [-0.05, 0) is 19.8 Å². The maximum Gasteiger partial charge on any atom is 0.246 e. The molecule has 1 atom stereocenters. The highest BCUT2D eigenvalue weighted by Crippen LogP contribution is 2.22. The van der Waals surface area contributed by atoms with Crippen LogP contribution >= 0.6 is 0 Å². The van der Waals surface area contributed by atoms with Gasteiger partial charge >= 0.3 is 0 Å². The average molecular weight is 252 g/mol. The third-order valence-electron chi connectivity index (χ3n) is 3.24. The average Bonchev–Trinajstić information content (AvgIpc) is 2.86. The van der Waals surface area contributed by atoms with Crippen LogP contribution in [0, 0.1) is 5.92 Å². The van der Waals surface area contributed by atoms with Gasteiger partial charge in [-0.15, -0.1) is 0 Å². The van der Waals surface area contributed by atoms with E-state index in [9.17, 15) is 4.79 Å². The number of hydrogen-bond donors (Lipinski definition) is 1. The van der Waals surface area contributed by atoms with Crippen molar-refractivity contribution in [2.45, 2.75) is 45.7 Å². The molecule has 1 fully saturated rings. The van der Waals surface area contributed by atoms with Crippen LogP contribution in [-0.4, -0.2) is 27.5 Å². The van der Waals surface area contributed by atoms with Crippen LogP contribution in [0.5, 0.6) is 0 Å². The Hall–Kier alpha value is -1.43. The molecule has 1 aliphatic rings. The zero-order chi connectivity index (χ0) is 13.3. The maximum absolute atomic E-state index is 11.8. The molecule has 18 heavy (non-hydrogen) atoms. The number of nitrogens with two attached hydrogens (primary N) is 1. The molecule has 100 valence electrons. The Labute approximate surface area is 107 Å². The van der Waals surface area contributed by atoms with E-state index in [1.54, 1.807) is 4.90 Å². The fraction of sp³-hybridized carbons (Fsp3) is 0.750. The Kier molecular flexibility index (Phi) is 3.38. The van der Waals surface area contributed by atoms with Crippen molar-refractivity contribution in [3.8, 4) is 0 Å². The van der Waals surface area contributed by atoms with E-state index < -0.39 is 5.54 Å². The van der Waals surface area contributed by atoms with E-state index in [4.69, 9.17) is 10.3 Å². The van der Waals surface area contributed by atoms with E-state index in [2.05, 4.69) is 17.1 Å². The number of carbonyl (C=O) groups is 1. The van der Waals surface area contributed by atoms with Crippen molar-refractivity contribution in [3.63, 3.8) is 0 Å². The predicted octanol–water partition coefficient (Wildman–Crippen LogP) is 1.02. The molecule has 1 aromatic heterocycles. The molecule has 0 spiro atoms. The molecule has 0 aromatic carbocycles. The molecule has 0 radical (unpaired) electrons. The first-order chi connectivity index (χ1) is 8.40. The molecule has 1 amide bonds. The number of hydrogen-bond acceptors (Lipinski definition) is 5. The molecule has 0 bridgehead atoms. The molecule has 0 saturated carbocycles. The number of carbonyl (C=O) groups excluding carboxylic acids is 1. The van der Waals surface area contributed by atoms with Gasteiger partial charge in [-0.2, -0.15) is 4.98 Å². The summed E-state index contributed by atoms with van der Waals surface area (Å²) in [5.41, 5.74) is 5.26. The van der Waals surface area contributed by atoms with Gasteiger partial charge in [-0.3, -0.25) is 4.79 Å². The van der Waals surface area contributed by atoms with E-state index in [0.717, 1.165) is 13.0 Å². The first-order valence-corrected chi connectivity index (χ1v) is 6.30. The van der Waals surface area contributed by atoms with Crippen LogP contribution in [0.4, 0.5) is 0 Å². The Morgan fingerprint density at radius 3 is 2.78 bits per heavy atom. The highest BCUT2D eigenvalue weighted by atomic mass is 16.5. The van der Waals surface area contributed by atoms with Crippen molar-refractivity contribution in [1.82, 2.24) is 15.0 Å². The van der Waals surface area contributed by atoms with E-state index in [1.807, 2.05) is 13.8 Å². The molecular formula is C12H20N4O2. The molecule has 2 N–H and O–H groups in total. The van der Waals surface area contributed by atoms with E-state index >= 15 is 0 Å². The van der Waals surface area contributed by atoms with E-state index in [-0.39, 0.29) is 5.91 Å². The summed E-state index contributed by atoms with van der Waals surface area (Å²) in [6.07, 6.45) is 1.65. The lowest BCUT2D eigenvalue weighted by Gasteiger charge is -2.13. The Morgan fingerprint density at radius 1 is 1.56 bits per heavy atom. The number of nitrogens with zero attached hydrogens (tertiary/aromatic N) is 3. The van der Waals surface area contributed by atoms with Gasteiger partial charge in [0.1, 0.15) is 0 Å². The van der Waals surface area contributed by atoms with Crippen molar-refractivity contribution in [2.75, 3.05) is 6.54 Å². The molecule has 1 unspecified atom stereocenters. The Morgan fingerprint density at radius 2 is 2.28 bits per heavy atom.